The minimum Gasteiger partial charge on any atom is -0.324 e. The molecule has 1 unspecified atom stereocenters. The van der Waals surface area contributed by atoms with Gasteiger partial charge in [0.2, 0.25) is 5.91 Å². The predicted molar refractivity (Wildman–Crippen MR) is 55.3 cm³/mol. The Morgan fingerprint density at radius 2 is 2.43 bits per heavy atom. The number of rotatable bonds is 2. The summed E-state index contributed by atoms with van der Waals surface area (Å²) in [6, 6.07) is 2.04. The van der Waals surface area contributed by atoms with Crippen molar-refractivity contribution in [2.75, 3.05) is 5.32 Å². The van der Waals surface area contributed by atoms with Gasteiger partial charge in [-0.05, 0) is 24.0 Å². The number of fused-ring (bicyclic) bond motifs is 1. The molecule has 1 aliphatic rings. The molecule has 0 bridgehead atoms. The highest BCUT2D eigenvalue weighted by Gasteiger charge is 2.19. The highest BCUT2D eigenvalue weighted by Crippen LogP contribution is 2.25. The first kappa shape index (κ1) is 9.19. The molecule has 3 nitrogen and oxygen atoms in total. The zero-order valence-electron chi connectivity index (χ0n) is 8.50. The van der Waals surface area contributed by atoms with Gasteiger partial charge in [-0.2, -0.15) is 0 Å². The molecule has 0 spiro atoms. The van der Waals surface area contributed by atoms with E-state index in [0.29, 0.717) is 12.3 Å². The van der Waals surface area contributed by atoms with Gasteiger partial charge in [0.25, 0.3) is 0 Å². The SMILES string of the molecule is CCC(C)c1cc2c(cn1)NC(=O)C2. The second-order valence-corrected chi connectivity index (χ2v) is 3.80. The lowest BCUT2D eigenvalue weighted by molar-refractivity contribution is -0.115. The van der Waals surface area contributed by atoms with E-state index in [0.717, 1.165) is 23.4 Å². The van der Waals surface area contributed by atoms with Gasteiger partial charge in [0.1, 0.15) is 0 Å². The lowest BCUT2D eigenvalue weighted by Crippen LogP contribution is -2.03. The number of hydrogen-bond acceptors (Lipinski definition) is 2. The molecule has 1 aliphatic heterocycles. The molecule has 0 aromatic carbocycles. The predicted octanol–water partition coefficient (Wildman–Crippen LogP) is 2.09. The fourth-order valence-electron chi connectivity index (χ4n) is 1.62. The second kappa shape index (κ2) is 3.40. The van der Waals surface area contributed by atoms with Crippen LogP contribution in [0, 0.1) is 0 Å². The topological polar surface area (TPSA) is 42.0 Å². The molecule has 1 aromatic heterocycles. The third kappa shape index (κ3) is 1.50. The van der Waals surface area contributed by atoms with Crippen LogP contribution in [0.4, 0.5) is 5.69 Å². The number of amides is 1. The summed E-state index contributed by atoms with van der Waals surface area (Å²) in [5.41, 5.74) is 3.05. The maximum atomic E-state index is 11.1. The van der Waals surface area contributed by atoms with Crippen LogP contribution >= 0.6 is 0 Å². The van der Waals surface area contributed by atoms with Crippen LogP contribution in [0.2, 0.25) is 0 Å². The average Bonchev–Trinajstić information content (AvgIpc) is 2.55. The Bertz CT molecular complexity index is 374. The summed E-state index contributed by atoms with van der Waals surface area (Å²) in [6.07, 6.45) is 3.34. The smallest absolute Gasteiger partial charge is 0.228 e. The van der Waals surface area contributed by atoms with E-state index >= 15 is 0 Å². The van der Waals surface area contributed by atoms with E-state index in [2.05, 4.69) is 24.1 Å². The van der Waals surface area contributed by atoms with E-state index in [1.54, 1.807) is 6.20 Å². The van der Waals surface area contributed by atoms with E-state index in [4.69, 9.17) is 0 Å². The molecule has 0 radical (unpaired) electrons. The molecule has 2 heterocycles. The minimum absolute atomic E-state index is 0.0723. The van der Waals surface area contributed by atoms with E-state index in [-0.39, 0.29) is 5.91 Å². The molecule has 0 aliphatic carbocycles. The van der Waals surface area contributed by atoms with Gasteiger partial charge in [-0.1, -0.05) is 13.8 Å². The molecule has 0 saturated heterocycles. The maximum Gasteiger partial charge on any atom is 0.228 e. The number of nitrogens with zero attached hydrogens (tertiary/aromatic N) is 1. The molecule has 14 heavy (non-hydrogen) atoms. The molecule has 2 rings (SSSR count). The summed E-state index contributed by atoms with van der Waals surface area (Å²) in [6.45, 7) is 4.29. The van der Waals surface area contributed by atoms with Crippen LogP contribution in [0.25, 0.3) is 0 Å². The Labute approximate surface area is 83.5 Å². The number of pyridine rings is 1. The normalized spacial score (nSPS) is 16.3. The molecule has 74 valence electrons. The Balaban J connectivity index is 2.32. The highest BCUT2D eigenvalue weighted by molar-refractivity contribution is 5.98. The average molecular weight is 190 g/mol. The lowest BCUT2D eigenvalue weighted by atomic mass is 10.0. The van der Waals surface area contributed by atoms with E-state index < -0.39 is 0 Å². The van der Waals surface area contributed by atoms with Crippen LogP contribution in [0.15, 0.2) is 12.3 Å². The molecule has 3 heteroatoms. The first-order valence-corrected chi connectivity index (χ1v) is 4.99. The fraction of sp³-hybridized carbons (Fsp3) is 0.455. The molecular weight excluding hydrogens is 176 g/mol. The molecule has 1 aromatic rings. The van der Waals surface area contributed by atoms with E-state index in [1.807, 2.05) is 6.07 Å². The molecule has 1 amide bonds. The Morgan fingerprint density at radius 1 is 1.64 bits per heavy atom. The number of nitrogens with one attached hydrogen (secondary N) is 1. The summed E-state index contributed by atoms with van der Waals surface area (Å²) in [5.74, 6) is 0.541. The Kier molecular flexibility index (Phi) is 2.23. The molecule has 1 atom stereocenters. The molecule has 1 N–H and O–H groups in total. The van der Waals surface area contributed by atoms with Crippen molar-refractivity contribution >= 4 is 11.6 Å². The van der Waals surface area contributed by atoms with Crippen LogP contribution in [-0.4, -0.2) is 10.9 Å². The third-order valence-electron chi connectivity index (χ3n) is 2.75. The van der Waals surface area contributed by atoms with Crippen molar-refractivity contribution in [1.29, 1.82) is 0 Å². The number of anilines is 1. The fourth-order valence-corrected chi connectivity index (χ4v) is 1.62. The minimum atomic E-state index is 0.0723. The number of hydrogen-bond donors (Lipinski definition) is 1. The largest absolute Gasteiger partial charge is 0.324 e. The summed E-state index contributed by atoms with van der Waals surface area (Å²) in [5, 5.41) is 2.78. The summed E-state index contributed by atoms with van der Waals surface area (Å²) >= 11 is 0. The Hall–Kier alpha value is -1.38. The van der Waals surface area contributed by atoms with Crippen LogP contribution in [0.1, 0.15) is 37.4 Å². The van der Waals surface area contributed by atoms with Gasteiger partial charge in [-0.25, -0.2) is 0 Å². The lowest BCUT2D eigenvalue weighted by Gasteiger charge is -2.08. The first-order chi connectivity index (χ1) is 6.70. The zero-order valence-corrected chi connectivity index (χ0v) is 8.50. The van der Waals surface area contributed by atoms with Crippen LogP contribution in [0.5, 0.6) is 0 Å². The number of carbonyl (C=O) groups excluding carboxylic acids is 1. The van der Waals surface area contributed by atoms with Gasteiger partial charge in [0, 0.05) is 5.69 Å². The highest BCUT2D eigenvalue weighted by atomic mass is 16.1. The molecule has 0 saturated carbocycles. The van der Waals surface area contributed by atoms with Crippen molar-refractivity contribution in [2.24, 2.45) is 0 Å². The summed E-state index contributed by atoms with van der Waals surface area (Å²) in [4.78, 5) is 15.5. The van der Waals surface area contributed by atoms with Gasteiger partial charge >= 0.3 is 0 Å². The van der Waals surface area contributed by atoms with Gasteiger partial charge < -0.3 is 5.32 Å². The van der Waals surface area contributed by atoms with Crippen molar-refractivity contribution in [1.82, 2.24) is 4.98 Å². The number of carbonyl (C=O) groups is 1. The molecular formula is C11H14N2O. The van der Waals surface area contributed by atoms with Crippen molar-refractivity contribution < 1.29 is 4.79 Å². The molecule has 0 fully saturated rings. The maximum absolute atomic E-state index is 11.1. The van der Waals surface area contributed by atoms with Crippen molar-refractivity contribution in [2.45, 2.75) is 32.6 Å². The monoisotopic (exact) mass is 190 g/mol. The van der Waals surface area contributed by atoms with Gasteiger partial charge in [-0.15, -0.1) is 0 Å². The van der Waals surface area contributed by atoms with Gasteiger partial charge in [0.15, 0.2) is 0 Å². The number of aromatic nitrogens is 1. The summed E-state index contributed by atoms with van der Waals surface area (Å²) in [7, 11) is 0. The van der Waals surface area contributed by atoms with Crippen molar-refractivity contribution in [3.8, 4) is 0 Å². The van der Waals surface area contributed by atoms with Crippen molar-refractivity contribution in [3.05, 3.63) is 23.5 Å². The third-order valence-corrected chi connectivity index (χ3v) is 2.75. The van der Waals surface area contributed by atoms with E-state index in [9.17, 15) is 4.79 Å². The quantitative estimate of drug-likeness (QED) is 0.775. The second-order valence-electron chi connectivity index (χ2n) is 3.80. The van der Waals surface area contributed by atoms with E-state index in [1.165, 1.54) is 0 Å². The zero-order chi connectivity index (χ0) is 10.1. The van der Waals surface area contributed by atoms with Crippen LogP contribution in [-0.2, 0) is 11.2 Å². The van der Waals surface area contributed by atoms with Crippen LogP contribution in [0.3, 0.4) is 0 Å². The summed E-state index contributed by atoms with van der Waals surface area (Å²) < 4.78 is 0. The standard InChI is InChI=1S/C11H14N2O/c1-3-7(2)9-4-8-5-11(14)13-10(8)6-12-9/h4,6-7H,3,5H2,1-2H3,(H,13,14). The Morgan fingerprint density at radius 3 is 3.14 bits per heavy atom. The first-order valence-electron chi connectivity index (χ1n) is 4.99. The van der Waals surface area contributed by atoms with Crippen molar-refractivity contribution in [3.63, 3.8) is 0 Å². The van der Waals surface area contributed by atoms with Gasteiger partial charge in [0.05, 0.1) is 18.3 Å². The van der Waals surface area contributed by atoms with Gasteiger partial charge in [-0.3, -0.25) is 9.78 Å². The van der Waals surface area contributed by atoms with Crippen LogP contribution < -0.4 is 5.32 Å².